The summed E-state index contributed by atoms with van der Waals surface area (Å²) in [6, 6.07) is 8.45. The van der Waals surface area contributed by atoms with E-state index >= 15 is 0 Å². The molecule has 11 nitrogen and oxygen atoms in total. The van der Waals surface area contributed by atoms with Crippen molar-refractivity contribution < 1.29 is 27.6 Å². The Balaban J connectivity index is 2.19. The lowest BCUT2D eigenvalue weighted by Crippen LogP contribution is -2.39. The van der Waals surface area contributed by atoms with Crippen LogP contribution in [0.4, 0.5) is 11.4 Å². The Morgan fingerprint density at radius 1 is 1.23 bits per heavy atom. The number of methoxy groups -OCH3 is 2. The van der Waals surface area contributed by atoms with E-state index in [-0.39, 0.29) is 27.9 Å². The second-order valence-electron chi connectivity index (χ2n) is 6.07. The highest BCUT2D eigenvalue weighted by Crippen LogP contribution is 2.32. The van der Waals surface area contributed by atoms with Gasteiger partial charge in [-0.3, -0.25) is 19.2 Å². The molecule has 31 heavy (non-hydrogen) atoms. The topological polar surface area (TPSA) is 140 Å². The molecule has 0 unspecified atom stereocenters. The number of halogens is 1. The Kier molecular flexibility index (Phi) is 7.78. The number of benzene rings is 2. The molecule has 1 amide bonds. The Bertz CT molecular complexity index is 1120. The lowest BCUT2D eigenvalue weighted by atomic mass is 10.2. The number of amides is 1. The standard InChI is InChI=1S/C18H19ClN4O7S/c1-29-16-7-5-13(19)9-14(16)22(31(3,27)28)11-18(24)21-20-10-12-4-6-17(30-2)15(8-12)23(25)26/h4-10H,11H2,1-3H3,(H,21,24)/b20-10-. The number of carbonyl (C=O) groups is 1. The van der Waals surface area contributed by atoms with Crippen LogP contribution in [0.25, 0.3) is 0 Å². The van der Waals surface area contributed by atoms with E-state index in [2.05, 4.69) is 10.5 Å². The lowest BCUT2D eigenvalue weighted by Gasteiger charge is -2.23. The van der Waals surface area contributed by atoms with Crippen LogP contribution in [-0.2, 0) is 14.8 Å². The van der Waals surface area contributed by atoms with Crippen molar-refractivity contribution in [2.75, 3.05) is 31.3 Å². The molecule has 0 saturated carbocycles. The molecule has 2 rings (SSSR count). The summed E-state index contributed by atoms with van der Waals surface area (Å²) in [6.45, 7) is -0.602. The van der Waals surface area contributed by atoms with Gasteiger partial charge in [-0.15, -0.1) is 0 Å². The second kappa shape index (κ2) is 10.1. The third kappa shape index (κ3) is 6.30. The zero-order valence-corrected chi connectivity index (χ0v) is 18.3. The van der Waals surface area contributed by atoms with Crippen molar-refractivity contribution in [2.45, 2.75) is 0 Å². The first kappa shape index (κ1) is 23.9. The molecule has 0 aliphatic carbocycles. The predicted molar refractivity (Wildman–Crippen MR) is 116 cm³/mol. The Morgan fingerprint density at radius 3 is 2.45 bits per heavy atom. The Morgan fingerprint density at radius 2 is 1.87 bits per heavy atom. The maximum atomic E-state index is 12.3. The molecule has 0 atom stereocenters. The summed E-state index contributed by atoms with van der Waals surface area (Å²) in [4.78, 5) is 22.7. The van der Waals surface area contributed by atoms with Crippen LogP contribution >= 0.6 is 11.6 Å². The first-order valence-electron chi connectivity index (χ1n) is 8.52. The van der Waals surface area contributed by atoms with E-state index in [4.69, 9.17) is 21.1 Å². The van der Waals surface area contributed by atoms with Gasteiger partial charge in [-0.05, 0) is 30.3 Å². The predicted octanol–water partition coefficient (Wildman–Crippen LogP) is 2.18. The number of hydrogen-bond donors (Lipinski definition) is 1. The number of sulfonamides is 1. The fourth-order valence-electron chi connectivity index (χ4n) is 2.51. The molecule has 0 radical (unpaired) electrons. The van der Waals surface area contributed by atoms with Crippen LogP contribution in [0.1, 0.15) is 5.56 Å². The van der Waals surface area contributed by atoms with Crippen molar-refractivity contribution in [2.24, 2.45) is 5.10 Å². The molecule has 1 N–H and O–H groups in total. The van der Waals surface area contributed by atoms with Crippen LogP contribution < -0.4 is 19.2 Å². The molecular formula is C18H19ClN4O7S. The number of ether oxygens (including phenoxy) is 2. The Hall–Kier alpha value is -3.38. The maximum Gasteiger partial charge on any atom is 0.311 e. The van der Waals surface area contributed by atoms with Gasteiger partial charge in [0.1, 0.15) is 12.3 Å². The van der Waals surface area contributed by atoms with Gasteiger partial charge in [0.25, 0.3) is 5.91 Å². The number of carbonyl (C=O) groups excluding carboxylic acids is 1. The highest BCUT2D eigenvalue weighted by Gasteiger charge is 2.24. The maximum absolute atomic E-state index is 12.3. The molecule has 166 valence electrons. The summed E-state index contributed by atoms with van der Waals surface area (Å²) >= 11 is 5.95. The van der Waals surface area contributed by atoms with E-state index in [1.807, 2.05) is 0 Å². The van der Waals surface area contributed by atoms with Gasteiger partial charge in [-0.2, -0.15) is 5.10 Å². The first-order chi connectivity index (χ1) is 14.6. The molecule has 0 saturated heterocycles. The minimum Gasteiger partial charge on any atom is -0.495 e. The third-order valence-electron chi connectivity index (χ3n) is 3.90. The van der Waals surface area contributed by atoms with Crippen molar-refractivity contribution >= 4 is 45.1 Å². The van der Waals surface area contributed by atoms with Crippen LogP contribution in [0.2, 0.25) is 5.02 Å². The quantitative estimate of drug-likeness (QED) is 0.336. The summed E-state index contributed by atoms with van der Waals surface area (Å²) in [5.41, 5.74) is 2.32. The van der Waals surface area contributed by atoms with Gasteiger partial charge < -0.3 is 9.47 Å². The summed E-state index contributed by atoms with van der Waals surface area (Å²) in [6.07, 6.45) is 2.11. The number of hydrogen-bond acceptors (Lipinski definition) is 8. The summed E-state index contributed by atoms with van der Waals surface area (Å²) in [5.74, 6) is -0.478. The van der Waals surface area contributed by atoms with Crippen molar-refractivity contribution in [3.05, 3.63) is 57.1 Å². The number of nitro groups is 1. The van der Waals surface area contributed by atoms with Gasteiger partial charge in [0.05, 0.1) is 37.3 Å². The van der Waals surface area contributed by atoms with E-state index in [9.17, 15) is 23.3 Å². The average molecular weight is 471 g/mol. The molecule has 0 fully saturated rings. The highest BCUT2D eigenvalue weighted by atomic mass is 35.5. The summed E-state index contributed by atoms with van der Waals surface area (Å²) in [7, 11) is -1.21. The van der Waals surface area contributed by atoms with Crippen LogP contribution in [0.3, 0.4) is 0 Å². The molecule has 0 aromatic heterocycles. The van der Waals surface area contributed by atoms with Crippen LogP contribution in [0, 0.1) is 10.1 Å². The molecule has 0 bridgehead atoms. The molecule has 0 spiro atoms. The zero-order chi connectivity index (χ0) is 23.2. The number of nitro benzene ring substituents is 1. The summed E-state index contributed by atoms with van der Waals surface area (Å²) in [5, 5.41) is 15.0. The molecule has 2 aromatic rings. The van der Waals surface area contributed by atoms with Gasteiger partial charge in [-0.25, -0.2) is 13.8 Å². The van der Waals surface area contributed by atoms with E-state index in [0.29, 0.717) is 5.56 Å². The van der Waals surface area contributed by atoms with Gasteiger partial charge in [0, 0.05) is 16.7 Å². The molecular weight excluding hydrogens is 452 g/mol. The largest absolute Gasteiger partial charge is 0.495 e. The van der Waals surface area contributed by atoms with E-state index in [1.54, 1.807) is 0 Å². The summed E-state index contributed by atoms with van der Waals surface area (Å²) < 4.78 is 35.4. The van der Waals surface area contributed by atoms with Gasteiger partial charge in [-0.1, -0.05) is 11.6 Å². The SMILES string of the molecule is COc1ccc(Cl)cc1N(CC(=O)N/N=C\c1ccc(OC)c([N+](=O)[O-])c1)S(C)(=O)=O. The van der Waals surface area contributed by atoms with Crippen LogP contribution in [0.5, 0.6) is 11.5 Å². The fraction of sp³-hybridized carbons (Fsp3) is 0.222. The number of hydrazone groups is 1. The number of nitrogens with one attached hydrogen (secondary N) is 1. The lowest BCUT2D eigenvalue weighted by molar-refractivity contribution is -0.385. The van der Waals surface area contributed by atoms with Gasteiger partial charge >= 0.3 is 5.69 Å². The van der Waals surface area contributed by atoms with E-state index < -0.39 is 27.4 Å². The van der Waals surface area contributed by atoms with Crippen LogP contribution in [-0.4, -0.2) is 52.5 Å². The second-order valence-corrected chi connectivity index (χ2v) is 8.41. The van der Waals surface area contributed by atoms with E-state index in [0.717, 1.165) is 10.6 Å². The first-order valence-corrected chi connectivity index (χ1v) is 10.7. The van der Waals surface area contributed by atoms with Gasteiger partial charge in [0.15, 0.2) is 5.75 Å². The van der Waals surface area contributed by atoms with Crippen LogP contribution in [0.15, 0.2) is 41.5 Å². The van der Waals surface area contributed by atoms with Crippen molar-refractivity contribution in [1.29, 1.82) is 0 Å². The molecule has 0 aliphatic heterocycles. The van der Waals surface area contributed by atoms with E-state index in [1.165, 1.54) is 56.8 Å². The molecule has 0 aliphatic rings. The minimum absolute atomic E-state index is 0.0745. The normalized spacial score (nSPS) is 11.2. The molecule has 2 aromatic carbocycles. The monoisotopic (exact) mass is 470 g/mol. The minimum atomic E-state index is -3.87. The fourth-order valence-corrected chi connectivity index (χ4v) is 3.53. The third-order valence-corrected chi connectivity index (χ3v) is 5.26. The number of rotatable bonds is 9. The van der Waals surface area contributed by atoms with Gasteiger partial charge in [0.2, 0.25) is 10.0 Å². The Labute approximate surface area is 183 Å². The average Bonchev–Trinajstić information content (AvgIpc) is 2.71. The van der Waals surface area contributed by atoms with Crippen molar-refractivity contribution in [1.82, 2.24) is 5.43 Å². The molecule has 13 heteroatoms. The smallest absolute Gasteiger partial charge is 0.311 e. The highest BCUT2D eigenvalue weighted by molar-refractivity contribution is 7.92. The number of anilines is 1. The van der Waals surface area contributed by atoms with Crippen molar-refractivity contribution in [3.63, 3.8) is 0 Å². The van der Waals surface area contributed by atoms with Crippen molar-refractivity contribution in [3.8, 4) is 11.5 Å². The zero-order valence-electron chi connectivity index (χ0n) is 16.7. The molecule has 0 heterocycles. The number of nitrogens with zero attached hydrogens (tertiary/aromatic N) is 3.